The SMILES string of the molecule is Cc1nnc2sc(C(O)NCc3ccc(F)nc3)c(N)c2c1C. The minimum absolute atomic E-state index is 0.339. The molecule has 0 aromatic carbocycles. The highest BCUT2D eigenvalue weighted by molar-refractivity contribution is 7.19. The predicted octanol–water partition coefficient (Wildman–Crippen LogP) is 2.21. The first-order valence-electron chi connectivity index (χ1n) is 7.01. The summed E-state index contributed by atoms with van der Waals surface area (Å²) in [4.78, 5) is 4.87. The van der Waals surface area contributed by atoms with Crippen molar-refractivity contribution in [1.82, 2.24) is 20.5 Å². The van der Waals surface area contributed by atoms with E-state index in [1.165, 1.54) is 23.6 Å². The van der Waals surface area contributed by atoms with Crippen molar-refractivity contribution in [2.75, 3.05) is 5.73 Å². The van der Waals surface area contributed by atoms with E-state index in [2.05, 4.69) is 20.5 Å². The topological polar surface area (TPSA) is 97.0 Å². The van der Waals surface area contributed by atoms with Gasteiger partial charge in [0, 0.05) is 18.1 Å². The van der Waals surface area contributed by atoms with Crippen LogP contribution in [0.1, 0.15) is 27.9 Å². The van der Waals surface area contributed by atoms with E-state index in [0.29, 0.717) is 21.9 Å². The lowest BCUT2D eigenvalue weighted by Gasteiger charge is -2.12. The molecule has 8 heteroatoms. The van der Waals surface area contributed by atoms with Crippen molar-refractivity contribution < 1.29 is 9.50 Å². The monoisotopic (exact) mass is 333 g/mol. The Morgan fingerprint density at radius 2 is 2.13 bits per heavy atom. The number of thiophene rings is 1. The number of anilines is 1. The van der Waals surface area contributed by atoms with Crippen LogP contribution >= 0.6 is 11.3 Å². The number of nitrogen functional groups attached to an aromatic ring is 1. The molecule has 3 rings (SSSR count). The first-order chi connectivity index (χ1) is 11.0. The molecule has 0 spiro atoms. The molecule has 1 unspecified atom stereocenters. The molecule has 6 nitrogen and oxygen atoms in total. The fraction of sp³-hybridized carbons (Fsp3) is 0.267. The zero-order chi connectivity index (χ0) is 16.6. The Kier molecular flexibility index (Phi) is 4.20. The Bertz CT molecular complexity index is 849. The van der Waals surface area contributed by atoms with Gasteiger partial charge in [-0.05, 0) is 31.0 Å². The predicted molar refractivity (Wildman–Crippen MR) is 87.3 cm³/mol. The molecule has 3 heterocycles. The summed E-state index contributed by atoms with van der Waals surface area (Å²) >= 11 is 1.31. The molecular formula is C15H16FN5OS. The Morgan fingerprint density at radius 1 is 1.35 bits per heavy atom. The fourth-order valence-corrected chi connectivity index (χ4v) is 3.34. The van der Waals surface area contributed by atoms with Crippen molar-refractivity contribution in [1.29, 1.82) is 0 Å². The summed E-state index contributed by atoms with van der Waals surface area (Å²) in [7, 11) is 0. The van der Waals surface area contributed by atoms with Crippen LogP contribution in [0.15, 0.2) is 18.3 Å². The van der Waals surface area contributed by atoms with Gasteiger partial charge < -0.3 is 10.8 Å². The molecule has 1 atom stereocenters. The van der Waals surface area contributed by atoms with Gasteiger partial charge >= 0.3 is 0 Å². The van der Waals surface area contributed by atoms with E-state index in [9.17, 15) is 9.50 Å². The molecule has 0 saturated heterocycles. The number of aliphatic hydroxyl groups excluding tert-OH is 1. The summed E-state index contributed by atoms with van der Waals surface area (Å²) in [6, 6.07) is 2.88. The summed E-state index contributed by atoms with van der Waals surface area (Å²) in [6.45, 7) is 4.14. The molecule has 120 valence electrons. The molecule has 0 saturated carbocycles. The van der Waals surface area contributed by atoms with Crippen molar-refractivity contribution >= 4 is 27.2 Å². The maximum absolute atomic E-state index is 12.8. The van der Waals surface area contributed by atoms with Gasteiger partial charge in [-0.3, -0.25) is 5.32 Å². The molecule has 3 aromatic rings. The average Bonchev–Trinajstić information content (AvgIpc) is 2.88. The van der Waals surface area contributed by atoms with Gasteiger partial charge in [-0.25, -0.2) is 4.98 Å². The summed E-state index contributed by atoms with van der Waals surface area (Å²) in [6.07, 6.45) is 0.474. The average molecular weight is 333 g/mol. The summed E-state index contributed by atoms with van der Waals surface area (Å²) in [5.74, 6) is -0.535. The van der Waals surface area contributed by atoms with Crippen molar-refractivity contribution in [2.45, 2.75) is 26.6 Å². The molecule has 23 heavy (non-hydrogen) atoms. The van der Waals surface area contributed by atoms with Gasteiger partial charge in [-0.15, -0.1) is 16.4 Å². The number of fused-ring (bicyclic) bond motifs is 1. The molecule has 0 fully saturated rings. The molecule has 0 aliphatic carbocycles. The Labute approximate surface area is 136 Å². The Morgan fingerprint density at radius 3 is 2.83 bits per heavy atom. The van der Waals surface area contributed by atoms with E-state index in [-0.39, 0.29) is 0 Å². The van der Waals surface area contributed by atoms with Gasteiger partial charge in [-0.2, -0.15) is 9.49 Å². The number of aryl methyl sites for hydroxylation is 2. The van der Waals surface area contributed by atoms with Gasteiger partial charge in [0.1, 0.15) is 11.1 Å². The van der Waals surface area contributed by atoms with Crippen LogP contribution in [-0.2, 0) is 6.54 Å². The second-order valence-electron chi connectivity index (χ2n) is 5.24. The number of nitrogens with one attached hydrogen (secondary N) is 1. The Balaban J connectivity index is 1.83. The van der Waals surface area contributed by atoms with Crippen molar-refractivity contribution in [3.8, 4) is 0 Å². The number of rotatable bonds is 4. The maximum Gasteiger partial charge on any atom is 0.212 e. The number of pyridine rings is 1. The van der Waals surface area contributed by atoms with Crippen LogP contribution in [0.3, 0.4) is 0 Å². The third-order valence-corrected chi connectivity index (χ3v) is 4.84. The number of hydrogen-bond acceptors (Lipinski definition) is 7. The van der Waals surface area contributed by atoms with Crippen molar-refractivity contribution in [3.63, 3.8) is 0 Å². The van der Waals surface area contributed by atoms with E-state index >= 15 is 0 Å². The third kappa shape index (κ3) is 3.00. The molecule has 0 aliphatic rings. The van der Waals surface area contributed by atoms with Gasteiger partial charge in [0.25, 0.3) is 0 Å². The van der Waals surface area contributed by atoms with E-state index < -0.39 is 12.2 Å². The molecular weight excluding hydrogens is 317 g/mol. The summed E-state index contributed by atoms with van der Waals surface area (Å²) < 4.78 is 12.8. The third-order valence-electron chi connectivity index (χ3n) is 3.70. The van der Waals surface area contributed by atoms with Gasteiger partial charge in [0.05, 0.1) is 16.3 Å². The van der Waals surface area contributed by atoms with Crippen LogP contribution in [0.5, 0.6) is 0 Å². The highest BCUT2D eigenvalue weighted by Gasteiger charge is 2.19. The van der Waals surface area contributed by atoms with Crippen LogP contribution in [0.25, 0.3) is 10.2 Å². The van der Waals surface area contributed by atoms with E-state index in [1.54, 1.807) is 6.07 Å². The molecule has 3 aromatic heterocycles. The summed E-state index contributed by atoms with van der Waals surface area (Å²) in [5.41, 5.74) is 9.23. The second kappa shape index (κ2) is 6.15. The van der Waals surface area contributed by atoms with Gasteiger partial charge in [0.15, 0.2) is 0 Å². The van der Waals surface area contributed by atoms with Crippen LogP contribution in [0.4, 0.5) is 10.1 Å². The first-order valence-corrected chi connectivity index (χ1v) is 7.82. The van der Waals surface area contributed by atoms with Gasteiger partial charge in [0.2, 0.25) is 5.95 Å². The lowest BCUT2D eigenvalue weighted by molar-refractivity contribution is 0.141. The lowest BCUT2D eigenvalue weighted by Crippen LogP contribution is -2.20. The lowest BCUT2D eigenvalue weighted by atomic mass is 10.1. The normalized spacial score (nSPS) is 12.7. The largest absolute Gasteiger partial charge is 0.397 e. The highest BCUT2D eigenvalue weighted by Crippen LogP contribution is 2.37. The first kappa shape index (κ1) is 15.7. The molecule has 0 aliphatic heterocycles. The second-order valence-corrected chi connectivity index (χ2v) is 6.27. The molecule has 0 radical (unpaired) electrons. The Hall–Kier alpha value is -2.16. The number of nitrogens with two attached hydrogens (primary N) is 1. The van der Waals surface area contributed by atoms with E-state index in [0.717, 1.165) is 22.2 Å². The van der Waals surface area contributed by atoms with Gasteiger partial charge in [-0.1, -0.05) is 6.07 Å². The fourth-order valence-electron chi connectivity index (χ4n) is 2.28. The van der Waals surface area contributed by atoms with Crippen LogP contribution < -0.4 is 11.1 Å². The molecule has 0 bridgehead atoms. The quantitative estimate of drug-likeness (QED) is 0.500. The van der Waals surface area contributed by atoms with Crippen LogP contribution in [0, 0.1) is 19.8 Å². The zero-order valence-corrected chi connectivity index (χ0v) is 13.5. The standard InChI is InChI=1S/C15H16FN5OS/c1-7-8(2)20-21-15-11(7)12(17)13(23-15)14(22)19-6-9-3-4-10(16)18-5-9/h3-5,14,19,22H,6,17H2,1-2H3. The number of hydrogen-bond donors (Lipinski definition) is 3. The number of halogens is 1. The van der Waals surface area contributed by atoms with E-state index in [4.69, 9.17) is 5.73 Å². The number of aromatic nitrogens is 3. The number of nitrogens with zero attached hydrogens (tertiary/aromatic N) is 3. The number of aliphatic hydroxyl groups is 1. The minimum atomic E-state index is -0.945. The van der Waals surface area contributed by atoms with Crippen molar-refractivity contribution in [2.24, 2.45) is 0 Å². The maximum atomic E-state index is 12.8. The smallest absolute Gasteiger partial charge is 0.212 e. The van der Waals surface area contributed by atoms with Crippen LogP contribution in [-0.4, -0.2) is 20.3 Å². The highest BCUT2D eigenvalue weighted by atomic mass is 32.1. The van der Waals surface area contributed by atoms with E-state index in [1.807, 2.05) is 13.8 Å². The summed E-state index contributed by atoms with van der Waals surface area (Å²) in [5, 5.41) is 22.3. The molecule has 4 N–H and O–H groups in total. The molecule has 0 amide bonds. The zero-order valence-electron chi connectivity index (χ0n) is 12.7. The van der Waals surface area contributed by atoms with Crippen molar-refractivity contribution in [3.05, 3.63) is 46.0 Å². The minimum Gasteiger partial charge on any atom is -0.397 e. The van der Waals surface area contributed by atoms with Crippen LogP contribution in [0.2, 0.25) is 0 Å².